The van der Waals surface area contributed by atoms with E-state index < -0.39 is 0 Å². The first-order chi connectivity index (χ1) is 6.83. The molecule has 3 N–H and O–H groups in total. The van der Waals surface area contributed by atoms with Crippen molar-refractivity contribution in [3.8, 4) is 0 Å². The maximum absolute atomic E-state index is 5.61. The van der Waals surface area contributed by atoms with Gasteiger partial charge in [-0.15, -0.1) is 0 Å². The van der Waals surface area contributed by atoms with Gasteiger partial charge in [-0.2, -0.15) is 16.9 Å². The second kappa shape index (κ2) is 4.33. The van der Waals surface area contributed by atoms with Crippen molar-refractivity contribution in [3.63, 3.8) is 0 Å². The monoisotopic (exact) mass is 212 g/mol. The number of rotatable bonds is 3. The third-order valence-corrected chi connectivity index (χ3v) is 3.98. The number of thioether (sulfide) groups is 1. The SMILES string of the molecule is Cn1nccc1C(NN)C1CCSC1. The molecule has 0 amide bonds. The van der Waals surface area contributed by atoms with Gasteiger partial charge in [0.15, 0.2) is 0 Å². The maximum Gasteiger partial charge on any atom is 0.0665 e. The summed E-state index contributed by atoms with van der Waals surface area (Å²) in [5.41, 5.74) is 4.09. The molecule has 1 fully saturated rings. The van der Waals surface area contributed by atoms with E-state index in [1.165, 1.54) is 23.6 Å². The minimum atomic E-state index is 0.248. The second-order valence-electron chi connectivity index (χ2n) is 3.65. The molecule has 4 nitrogen and oxygen atoms in total. The smallest absolute Gasteiger partial charge is 0.0665 e. The molecule has 0 radical (unpaired) electrons. The number of nitrogens with two attached hydrogens (primary N) is 1. The van der Waals surface area contributed by atoms with E-state index in [0.29, 0.717) is 5.92 Å². The molecule has 1 aliphatic rings. The largest absolute Gasteiger partial charge is 0.271 e. The van der Waals surface area contributed by atoms with E-state index in [1.54, 1.807) is 0 Å². The topological polar surface area (TPSA) is 55.9 Å². The molecule has 0 saturated carbocycles. The fourth-order valence-corrected chi connectivity index (χ4v) is 3.27. The summed E-state index contributed by atoms with van der Waals surface area (Å²) in [5, 5.41) is 4.17. The number of hydrogen-bond acceptors (Lipinski definition) is 4. The number of aromatic nitrogens is 2. The van der Waals surface area contributed by atoms with Crippen LogP contribution in [0.5, 0.6) is 0 Å². The van der Waals surface area contributed by atoms with Crippen molar-refractivity contribution in [1.82, 2.24) is 15.2 Å². The second-order valence-corrected chi connectivity index (χ2v) is 4.80. The molecule has 2 unspecified atom stereocenters. The predicted octanol–water partition coefficient (Wildman–Crippen LogP) is 0.678. The highest BCUT2D eigenvalue weighted by molar-refractivity contribution is 7.99. The van der Waals surface area contributed by atoms with Crippen LogP contribution in [0.1, 0.15) is 18.2 Å². The van der Waals surface area contributed by atoms with Gasteiger partial charge in [0.05, 0.1) is 11.7 Å². The molecular weight excluding hydrogens is 196 g/mol. The summed E-state index contributed by atoms with van der Waals surface area (Å²) in [6.45, 7) is 0. The molecule has 2 heterocycles. The summed E-state index contributed by atoms with van der Waals surface area (Å²) in [6.07, 6.45) is 3.06. The number of hydrogen-bond donors (Lipinski definition) is 2. The highest BCUT2D eigenvalue weighted by Crippen LogP contribution is 2.33. The molecule has 1 aliphatic heterocycles. The molecule has 0 bridgehead atoms. The fourth-order valence-electron chi connectivity index (χ4n) is 1.97. The van der Waals surface area contributed by atoms with E-state index in [2.05, 4.69) is 10.5 Å². The Balaban J connectivity index is 2.16. The number of nitrogens with one attached hydrogen (secondary N) is 1. The lowest BCUT2D eigenvalue weighted by Gasteiger charge is -2.21. The highest BCUT2D eigenvalue weighted by atomic mass is 32.2. The molecule has 2 atom stereocenters. The first-order valence-electron chi connectivity index (χ1n) is 4.84. The molecule has 1 saturated heterocycles. The van der Waals surface area contributed by atoms with Crippen LogP contribution in [0.4, 0.5) is 0 Å². The van der Waals surface area contributed by atoms with Gasteiger partial charge in [-0.25, -0.2) is 0 Å². The number of nitrogens with zero attached hydrogens (tertiary/aromatic N) is 2. The maximum atomic E-state index is 5.61. The summed E-state index contributed by atoms with van der Waals surface area (Å²) in [5.74, 6) is 8.70. The summed E-state index contributed by atoms with van der Waals surface area (Å²) in [6, 6.07) is 2.28. The minimum absolute atomic E-state index is 0.248. The fraction of sp³-hybridized carbons (Fsp3) is 0.667. The van der Waals surface area contributed by atoms with Gasteiger partial charge in [-0.1, -0.05) is 0 Å². The van der Waals surface area contributed by atoms with Crippen LogP contribution >= 0.6 is 11.8 Å². The number of aryl methyl sites for hydroxylation is 1. The van der Waals surface area contributed by atoms with Gasteiger partial charge in [0, 0.05) is 13.2 Å². The van der Waals surface area contributed by atoms with Gasteiger partial charge in [0.25, 0.3) is 0 Å². The molecule has 0 aromatic carbocycles. The van der Waals surface area contributed by atoms with E-state index in [9.17, 15) is 0 Å². The van der Waals surface area contributed by atoms with Crippen LogP contribution in [-0.2, 0) is 7.05 Å². The Hall–Kier alpha value is -0.520. The quantitative estimate of drug-likeness (QED) is 0.571. The van der Waals surface area contributed by atoms with Crippen LogP contribution in [-0.4, -0.2) is 21.3 Å². The van der Waals surface area contributed by atoms with Gasteiger partial charge >= 0.3 is 0 Å². The van der Waals surface area contributed by atoms with Gasteiger partial charge in [-0.3, -0.25) is 16.0 Å². The summed E-state index contributed by atoms with van der Waals surface area (Å²) in [4.78, 5) is 0. The Kier molecular flexibility index (Phi) is 3.10. The van der Waals surface area contributed by atoms with Crippen LogP contribution < -0.4 is 11.3 Å². The first-order valence-corrected chi connectivity index (χ1v) is 6.00. The third kappa shape index (κ3) is 1.80. The van der Waals surface area contributed by atoms with Gasteiger partial charge in [0.2, 0.25) is 0 Å². The van der Waals surface area contributed by atoms with E-state index in [-0.39, 0.29) is 6.04 Å². The molecular formula is C9H16N4S. The summed E-state index contributed by atoms with van der Waals surface area (Å²) in [7, 11) is 1.96. The lowest BCUT2D eigenvalue weighted by Crippen LogP contribution is -2.35. The normalized spacial score (nSPS) is 24.0. The summed E-state index contributed by atoms with van der Waals surface area (Å²) < 4.78 is 1.90. The zero-order valence-corrected chi connectivity index (χ0v) is 9.13. The van der Waals surface area contributed by atoms with E-state index >= 15 is 0 Å². The van der Waals surface area contributed by atoms with Crippen molar-refractivity contribution >= 4 is 11.8 Å². The van der Waals surface area contributed by atoms with Crippen LogP contribution in [0.3, 0.4) is 0 Å². The average Bonchev–Trinajstić information content (AvgIpc) is 2.80. The Bertz CT molecular complexity index is 293. The number of hydrazine groups is 1. The third-order valence-electron chi connectivity index (χ3n) is 2.79. The van der Waals surface area contributed by atoms with Gasteiger partial charge in [0.1, 0.15) is 0 Å². The van der Waals surface area contributed by atoms with Crippen molar-refractivity contribution in [3.05, 3.63) is 18.0 Å². The van der Waals surface area contributed by atoms with Crippen molar-refractivity contribution < 1.29 is 0 Å². The molecule has 78 valence electrons. The lowest BCUT2D eigenvalue weighted by atomic mass is 9.97. The molecule has 0 spiro atoms. The van der Waals surface area contributed by atoms with Gasteiger partial charge < -0.3 is 0 Å². The lowest BCUT2D eigenvalue weighted by molar-refractivity contribution is 0.380. The van der Waals surface area contributed by atoms with Crippen LogP contribution in [0, 0.1) is 5.92 Å². The molecule has 2 rings (SSSR count). The first kappa shape index (κ1) is 10.0. The zero-order chi connectivity index (χ0) is 9.97. The molecule has 14 heavy (non-hydrogen) atoms. The predicted molar refractivity (Wildman–Crippen MR) is 58.7 cm³/mol. The molecule has 1 aromatic heterocycles. The van der Waals surface area contributed by atoms with E-state index in [1.807, 2.05) is 35.8 Å². The van der Waals surface area contributed by atoms with Crippen molar-refractivity contribution in [1.29, 1.82) is 0 Å². The minimum Gasteiger partial charge on any atom is -0.271 e. The van der Waals surface area contributed by atoms with Crippen molar-refractivity contribution in [2.24, 2.45) is 18.8 Å². The van der Waals surface area contributed by atoms with Crippen LogP contribution in [0.15, 0.2) is 12.3 Å². The molecule has 0 aliphatic carbocycles. The average molecular weight is 212 g/mol. The van der Waals surface area contributed by atoms with Crippen LogP contribution in [0.25, 0.3) is 0 Å². The highest BCUT2D eigenvalue weighted by Gasteiger charge is 2.27. The summed E-state index contributed by atoms with van der Waals surface area (Å²) >= 11 is 2.00. The van der Waals surface area contributed by atoms with E-state index in [4.69, 9.17) is 5.84 Å². The molecule has 1 aromatic rings. The van der Waals surface area contributed by atoms with Gasteiger partial charge in [-0.05, 0) is 29.9 Å². The van der Waals surface area contributed by atoms with Crippen LogP contribution in [0.2, 0.25) is 0 Å². The van der Waals surface area contributed by atoms with E-state index in [0.717, 1.165) is 0 Å². The molecule has 5 heteroatoms. The standard InChI is InChI=1S/C9H16N4S/c1-13-8(2-4-11-13)9(12-10)7-3-5-14-6-7/h2,4,7,9,12H,3,5-6,10H2,1H3. The Morgan fingerprint density at radius 3 is 3.14 bits per heavy atom. The Labute approximate surface area is 88.2 Å². The zero-order valence-electron chi connectivity index (χ0n) is 8.31. The van der Waals surface area contributed by atoms with Crippen molar-refractivity contribution in [2.45, 2.75) is 12.5 Å². The Morgan fingerprint density at radius 1 is 1.79 bits per heavy atom. The Morgan fingerprint density at radius 2 is 2.64 bits per heavy atom. The van der Waals surface area contributed by atoms with Crippen molar-refractivity contribution in [2.75, 3.05) is 11.5 Å².